The largest absolute Gasteiger partial charge is 0.345 e. The number of carbonyl (C=O) groups excluding carboxylic acids is 1. The number of aromatic amines is 1. The molecule has 1 aliphatic heterocycles. The molecule has 6 nitrogen and oxygen atoms in total. The van der Waals surface area contributed by atoms with Gasteiger partial charge in [-0.1, -0.05) is 18.2 Å². The Balaban J connectivity index is 1.65. The first-order valence-corrected chi connectivity index (χ1v) is 9.25. The zero-order valence-corrected chi connectivity index (χ0v) is 13.5. The third-order valence-corrected chi connectivity index (χ3v) is 6.12. The Morgan fingerprint density at radius 1 is 1.21 bits per heavy atom. The van der Waals surface area contributed by atoms with Crippen LogP contribution in [-0.2, 0) is 14.6 Å². The first-order valence-electron chi connectivity index (χ1n) is 7.60. The summed E-state index contributed by atoms with van der Waals surface area (Å²) in [7, 11) is -3.30. The van der Waals surface area contributed by atoms with Crippen LogP contribution >= 0.6 is 0 Å². The summed E-state index contributed by atoms with van der Waals surface area (Å²) in [6, 6.07) is 12.1. The lowest BCUT2D eigenvalue weighted by Gasteiger charge is -2.24. The first kappa shape index (κ1) is 14.9. The summed E-state index contributed by atoms with van der Waals surface area (Å²) in [4.78, 5) is 20.1. The van der Waals surface area contributed by atoms with E-state index >= 15 is 0 Å². The molecule has 0 fully saturated rings. The van der Waals surface area contributed by atoms with Crippen LogP contribution in [-0.4, -0.2) is 30.0 Å². The van der Waals surface area contributed by atoms with Gasteiger partial charge >= 0.3 is 0 Å². The van der Waals surface area contributed by atoms with Gasteiger partial charge in [0.25, 0.3) is 0 Å². The highest BCUT2D eigenvalue weighted by atomic mass is 32.2. The van der Waals surface area contributed by atoms with Crippen molar-refractivity contribution in [3.63, 3.8) is 0 Å². The molecule has 24 heavy (non-hydrogen) atoms. The van der Waals surface area contributed by atoms with Crippen LogP contribution in [0.15, 0.2) is 53.7 Å². The minimum Gasteiger partial charge on any atom is -0.345 e. The van der Waals surface area contributed by atoms with Crippen molar-refractivity contribution in [2.45, 2.75) is 17.2 Å². The van der Waals surface area contributed by atoms with Gasteiger partial charge in [0.1, 0.15) is 0 Å². The number of hydrogen-bond acceptors (Lipinski definition) is 4. The number of nitrogens with zero attached hydrogens (tertiary/aromatic N) is 1. The van der Waals surface area contributed by atoms with Gasteiger partial charge in [-0.25, -0.2) is 13.4 Å². The van der Waals surface area contributed by atoms with Crippen molar-refractivity contribution in [2.75, 3.05) is 11.1 Å². The Hall–Kier alpha value is -2.67. The number of aromatic nitrogens is 2. The SMILES string of the molecule is O=C(Nc1ccc2nc[nH]c2c1)[C@H]1CCS(=O)(=O)c2ccccc21. The molecule has 0 bridgehead atoms. The predicted molar refractivity (Wildman–Crippen MR) is 90.6 cm³/mol. The summed E-state index contributed by atoms with van der Waals surface area (Å²) in [5.74, 6) is -0.680. The molecular weight excluding hydrogens is 326 g/mol. The van der Waals surface area contributed by atoms with Crippen molar-refractivity contribution >= 4 is 32.5 Å². The van der Waals surface area contributed by atoms with Gasteiger partial charge in [0.15, 0.2) is 9.84 Å². The first-order chi connectivity index (χ1) is 11.5. The molecule has 7 heteroatoms. The standard InChI is InChI=1S/C17H15N3O3S/c21-17(20-11-5-6-14-15(9-11)19-10-18-14)13-7-8-24(22,23)16-4-2-1-3-12(13)16/h1-6,9-10,13H,7-8H2,(H,18,19)(H,20,21)/t13-/m0/s1. The number of rotatable bonds is 2. The van der Waals surface area contributed by atoms with Gasteiger partial charge in [-0.2, -0.15) is 0 Å². The maximum absolute atomic E-state index is 12.7. The molecule has 2 heterocycles. The molecule has 0 saturated heterocycles. The van der Waals surface area contributed by atoms with Crippen LogP contribution in [0.4, 0.5) is 5.69 Å². The number of anilines is 1. The van der Waals surface area contributed by atoms with Crippen molar-refractivity contribution in [3.8, 4) is 0 Å². The number of hydrogen-bond donors (Lipinski definition) is 2. The maximum atomic E-state index is 12.7. The van der Waals surface area contributed by atoms with Crippen LogP contribution in [0.3, 0.4) is 0 Å². The molecule has 1 aliphatic rings. The highest BCUT2D eigenvalue weighted by molar-refractivity contribution is 7.91. The van der Waals surface area contributed by atoms with Crippen LogP contribution in [0.25, 0.3) is 11.0 Å². The second-order valence-corrected chi connectivity index (χ2v) is 7.90. The van der Waals surface area contributed by atoms with Crippen molar-refractivity contribution in [3.05, 3.63) is 54.4 Å². The molecule has 2 aromatic carbocycles. The van der Waals surface area contributed by atoms with E-state index in [4.69, 9.17) is 0 Å². The van der Waals surface area contributed by atoms with E-state index in [1.54, 1.807) is 36.7 Å². The highest BCUT2D eigenvalue weighted by Gasteiger charge is 2.33. The number of amides is 1. The van der Waals surface area contributed by atoms with Gasteiger partial charge < -0.3 is 10.3 Å². The topological polar surface area (TPSA) is 91.9 Å². The zero-order valence-electron chi connectivity index (χ0n) is 12.7. The van der Waals surface area contributed by atoms with E-state index < -0.39 is 15.8 Å². The van der Waals surface area contributed by atoms with Crippen LogP contribution in [0.5, 0.6) is 0 Å². The van der Waals surface area contributed by atoms with Crippen molar-refractivity contribution in [1.29, 1.82) is 0 Å². The van der Waals surface area contributed by atoms with E-state index in [0.29, 0.717) is 11.3 Å². The van der Waals surface area contributed by atoms with Crippen LogP contribution < -0.4 is 5.32 Å². The number of fused-ring (bicyclic) bond motifs is 2. The van der Waals surface area contributed by atoms with Gasteiger partial charge in [0, 0.05) is 5.69 Å². The second-order valence-electron chi connectivity index (χ2n) is 5.82. The summed E-state index contributed by atoms with van der Waals surface area (Å²) in [6.45, 7) is 0. The van der Waals surface area contributed by atoms with Gasteiger partial charge in [0.2, 0.25) is 5.91 Å². The number of benzene rings is 2. The molecule has 1 atom stereocenters. The molecule has 0 aliphatic carbocycles. The van der Waals surface area contributed by atoms with E-state index in [2.05, 4.69) is 15.3 Å². The highest BCUT2D eigenvalue weighted by Crippen LogP contribution is 2.34. The van der Waals surface area contributed by atoms with Gasteiger partial charge in [-0.05, 0) is 36.2 Å². The maximum Gasteiger partial charge on any atom is 0.231 e. The number of sulfone groups is 1. The number of nitrogens with one attached hydrogen (secondary N) is 2. The number of carbonyl (C=O) groups is 1. The summed E-state index contributed by atoms with van der Waals surface area (Å²) >= 11 is 0. The fourth-order valence-corrected chi connectivity index (χ4v) is 4.73. The molecule has 1 amide bonds. The summed E-state index contributed by atoms with van der Waals surface area (Å²) < 4.78 is 24.3. The zero-order chi connectivity index (χ0) is 16.7. The molecule has 0 radical (unpaired) electrons. The Labute approximate surface area is 138 Å². The fraction of sp³-hybridized carbons (Fsp3) is 0.176. The predicted octanol–water partition coefficient (Wildman–Crippen LogP) is 2.46. The minimum atomic E-state index is -3.30. The summed E-state index contributed by atoms with van der Waals surface area (Å²) in [5.41, 5.74) is 2.88. The number of H-pyrrole nitrogens is 1. The van der Waals surface area contributed by atoms with Crippen LogP contribution in [0.2, 0.25) is 0 Å². The molecule has 0 unspecified atom stereocenters. The molecule has 4 rings (SSSR count). The van der Waals surface area contributed by atoms with Crippen molar-refractivity contribution in [2.24, 2.45) is 0 Å². The molecule has 2 N–H and O–H groups in total. The average Bonchev–Trinajstić information content (AvgIpc) is 3.02. The number of imidazole rings is 1. The Bertz CT molecular complexity index is 1040. The lowest BCUT2D eigenvalue weighted by atomic mass is 9.95. The molecule has 0 saturated carbocycles. The normalized spacial score (nSPS) is 18.9. The lowest BCUT2D eigenvalue weighted by molar-refractivity contribution is -0.117. The quantitative estimate of drug-likeness (QED) is 0.749. The molecule has 122 valence electrons. The van der Waals surface area contributed by atoms with Crippen molar-refractivity contribution < 1.29 is 13.2 Å². The fourth-order valence-electron chi connectivity index (χ4n) is 3.11. The lowest BCUT2D eigenvalue weighted by Crippen LogP contribution is -2.29. The summed E-state index contributed by atoms with van der Waals surface area (Å²) in [6.07, 6.45) is 1.88. The van der Waals surface area contributed by atoms with Crippen LogP contribution in [0.1, 0.15) is 17.9 Å². The van der Waals surface area contributed by atoms with Gasteiger partial charge in [0.05, 0.1) is 33.9 Å². The Kier molecular flexibility index (Phi) is 3.38. The molecule has 3 aromatic rings. The third kappa shape index (κ3) is 2.46. The molecular formula is C17H15N3O3S. The van der Waals surface area contributed by atoms with E-state index in [-0.39, 0.29) is 23.0 Å². The Morgan fingerprint density at radius 3 is 2.92 bits per heavy atom. The Morgan fingerprint density at radius 2 is 2.04 bits per heavy atom. The second kappa shape index (κ2) is 5.45. The smallest absolute Gasteiger partial charge is 0.231 e. The summed E-state index contributed by atoms with van der Waals surface area (Å²) in [5, 5.41) is 2.88. The van der Waals surface area contributed by atoms with Gasteiger partial charge in [-0.3, -0.25) is 4.79 Å². The average molecular weight is 341 g/mol. The monoisotopic (exact) mass is 341 g/mol. The van der Waals surface area contributed by atoms with E-state index in [1.807, 2.05) is 12.1 Å². The van der Waals surface area contributed by atoms with Crippen LogP contribution in [0, 0.1) is 0 Å². The van der Waals surface area contributed by atoms with Crippen molar-refractivity contribution in [1.82, 2.24) is 9.97 Å². The van der Waals surface area contributed by atoms with E-state index in [1.165, 1.54) is 0 Å². The molecule has 0 spiro atoms. The third-order valence-electron chi connectivity index (χ3n) is 4.31. The van der Waals surface area contributed by atoms with Gasteiger partial charge in [-0.15, -0.1) is 0 Å². The minimum absolute atomic E-state index is 0.0122. The van der Waals surface area contributed by atoms with E-state index in [9.17, 15) is 13.2 Å². The van der Waals surface area contributed by atoms with E-state index in [0.717, 1.165) is 11.0 Å². The molecule has 1 aromatic heterocycles.